The van der Waals surface area contributed by atoms with Crippen LogP contribution in [0.3, 0.4) is 0 Å². The van der Waals surface area contributed by atoms with Gasteiger partial charge in [0.15, 0.2) is 0 Å². The molecule has 0 spiro atoms. The van der Waals surface area contributed by atoms with Crippen molar-refractivity contribution in [3.05, 3.63) is 29.8 Å². The van der Waals surface area contributed by atoms with E-state index in [4.69, 9.17) is 9.47 Å². The van der Waals surface area contributed by atoms with E-state index in [1.54, 1.807) is 7.11 Å². The van der Waals surface area contributed by atoms with E-state index in [1.807, 2.05) is 31.2 Å². The van der Waals surface area contributed by atoms with E-state index >= 15 is 0 Å². The Balaban J connectivity index is 1.64. The van der Waals surface area contributed by atoms with Crippen molar-refractivity contribution in [2.24, 2.45) is 0 Å². The van der Waals surface area contributed by atoms with Gasteiger partial charge in [-0.1, -0.05) is 12.1 Å². The first-order chi connectivity index (χ1) is 9.67. The first-order valence-electron chi connectivity index (χ1n) is 7.31. The minimum absolute atomic E-state index is 0.316. The van der Waals surface area contributed by atoms with Crippen LogP contribution in [0.4, 0.5) is 0 Å². The van der Waals surface area contributed by atoms with Crippen molar-refractivity contribution in [3.8, 4) is 5.75 Å². The molecule has 3 atom stereocenters. The molecule has 0 aliphatic heterocycles. The monoisotopic (exact) mass is 279 g/mol. The third-order valence-electron chi connectivity index (χ3n) is 3.79. The molecule has 1 aliphatic carbocycles. The van der Waals surface area contributed by atoms with E-state index in [9.17, 15) is 5.11 Å². The van der Waals surface area contributed by atoms with Gasteiger partial charge < -0.3 is 19.9 Å². The van der Waals surface area contributed by atoms with Gasteiger partial charge in [0.05, 0.1) is 6.10 Å². The van der Waals surface area contributed by atoms with Gasteiger partial charge in [-0.15, -0.1) is 0 Å². The number of benzene rings is 1. The Kier molecular flexibility index (Phi) is 5.83. The van der Waals surface area contributed by atoms with Gasteiger partial charge in [0.1, 0.15) is 18.5 Å². The van der Waals surface area contributed by atoms with Crippen molar-refractivity contribution in [1.29, 1.82) is 0 Å². The summed E-state index contributed by atoms with van der Waals surface area (Å²) in [5.41, 5.74) is 1.16. The standard InChI is InChI=1S/C16H25NO3/c1-12-4-3-5-16(8-12)20-11-14(18)10-17-13-6-7-15(9-13)19-2/h3-5,8,13-15,17-18H,6-7,9-11H2,1-2H3. The molecule has 0 amide bonds. The molecule has 20 heavy (non-hydrogen) atoms. The SMILES string of the molecule is COC1CCC(NCC(O)COc2cccc(C)c2)C1. The van der Waals surface area contributed by atoms with Crippen LogP contribution in [0, 0.1) is 6.92 Å². The zero-order valence-electron chi connectivity index (χ0n) is 12.3. The van der Waals surface area contributed by atoms with Crippen LogP contribution < -0.4 is 10.1 Å². The average Bonchev–Trinajstić information content (AvgIpc) is 2.91. The lowest BCUT2D eigenvalue weighted by Gasteiger charge is -2.17. The third-order valence-corrected chi connectivity index (χ3v) is 3.79. The minimum Gasteiger partial charge on any atom is -0.491 e. The predicted octanol–water partition coefficient (Wildman–Crippen LogP) is 1.89. The van der Waals surface area contributed by atoms with E-state index in [2.05, 4.69) is 5.32 Å². The third kappa shape index (κ3) is 4.78. The lowest BCUT2D eigenvalue weighted by atomic mass is 10.2. The Morgan fingerprint density at radius 2 is 2.25 bits per heavy atom. The largest absolute Gasteiger partial charge is 0.491 e. The van der Waals surface area contributed by atoms with Crippen LogP contribution >= 0.6 is 0 Å². The van der Waals surface area contributed by atoms with Crippen molar-refractivity contribution in [2.45, 2.75) is 44.4 Å². The minimum atomic E-state index is -0.489. The summed E-state index contributed by atoms with van der Waals surface area (Å²) >= 11 is 0. The molecule has 0 saturated heterocycles. The summed E-state index contributed by atoms with van der Waals surface area (Å²) in [5, 5.41) is 13.3. The number of aryl methyl sites for hydroxylation is 1. The number of methoxy groups -OCH3 is 1. The Hall–Kier alpha value is -1.10. The fourth-order valence-corrected chi connectivity index (χ4v) is 2.60. The Morgan fingerprint density at radius 3 is 2.95 bits per heavy atom. The highest BCUT2D eigenvalue weighted by Gasteiger charge is 2.24. The zero-order chi connectivity index (χ0) is 14.4. The normalized spacial score (nSPS) is 23.8. The molecule has 0 bridgehead atoms. The second-order valence-corrected chi connectivity index (χ2v) is 5.56. The van der Waals surface area contributed by atoms with Crippen LogP contribution in [0.2, 0.25) is 0 Å². The number of aliphatic hydroxyl groups excluding tert-OH is 1. The van der Waals surface area contributed by atoms with Gasteiger partial charge in [-0.3, -0.25) is 0 Å². The van der Waals surface area contributed by atoms with Crippen LogP contribution in [0.25, 0.3) is 0 Å². The highest BCUT2D eigenvalue weighted by molar-refractivity contribution is 5.27. The molecule has 1 fully saturated rings. The van der Waals surface area contributed by atoms with Gasteiger partial charge >= 0.3 is 0 Å². The van der Waals surface area contributed by atoms with Crippen LogP contribution in [0.1, 0.15) is 24.8 Å². The number of rotatable bonds is 7. The molecule has 0 radical (unpaired) electrons. The molecule has 1 saturated carbocycles. The van der Waals surface area contributed by atoms with Gasteiger partial charge in [0, 0.05) is 19.7 Å². The first kappa shape index (κ1) is 15.3. The topological polar surface area (TPSA) is 50.7 Å². The molecule has 112 valence electrons. The summed E-state index contributed by atoms with van der Waals surface area (Å²) < 4.78 is 10.9. The predicted molar refractivity (Wildman–Crippen MR) is 79.1 cm³/mol. The van der Waals surface area contributed by atoms with E-state index in [-0.39, 0.29) is 0 Å². The number of hydrogen-bond acceptors (Lipinski definition) is 4. The van der Waals surface area contributed by atoms with Gasteiger partial charge in [0.2, 0.25) is 0 Å². The Morgan fingerprint density at radius 1 is 1.40 bits per heavy atom. The first-order valence-corrected chi connectivity index (χ1v) is 7.31. The summed E-state index contributed by atoms with van der Waals surface area (Å²) in [6.45, 7) is 2.90. The summed E-state index contributed by atoms with van der Waals surface area (Å²) in [4.78, 5) is 0. The van der Waals surface area contributed by atoms with Crippen LogP contribution in [-0.2, 0) is 4.74 Å². The fourth-order valence-electron chi connectivity index (χ4n) is 2.60. The maximum absolute atomic E-state index is 9.94. The van der Waals surface area contributed by atoms with Crippen molar-refractivity contribution in [1.82, 2.24) is 5.32 Å². The molecule has 0 aromatic heterocycles. The lowest BCUT2D eigenvalue weighted by Crippen LogP contribution is -2.37. The molecular weight excluding hydrogens is 254 g/mol. The van der Waals surface area contributed by atoms with E-state index in [0.717, 1.165) is 30.6 Å². The molecule has 1 aromatic rings. The molecular formula is C16H25NO3. The highest BCUT2D eigenvalue weighted by Crippen LogP contribution is 2.21. The fraction of sp³-hybridized carbons (Fsp3) is 0.625. The van der Waals surface area contributed by atoms with E-state index in [1.165, 1.54) is 0 Å². The second kappa shape index (κ2) is 7.62. The molecule has 2 N–H and O–H groups in total. The highest BCUT2D eigenvalue weighted by atomic mass is 16.5. The molecule has 1 aliphatic rings. The summed E-state index contributed by atoms with van der Waals surface area (Å²) in [7, 11) is 1.76. The van der Waals surface area contributed by atoms with E-state index in [0.29, 0.717) is 25.3 Å². The van der Waals surface area contributed by atoms with Gasteiger partial charge in [0.25, 0.3) is 0 Å². The van der Waals surface area contributed by atoms with Gasteiger partial charge in [-0.05, 0) is 43.9 Å². The summed E-state index contributed by atoms with van der Waals surface area (Å²) in [5.74, 6) is 0.810. The number of hydrogen-bond donors (Lipinski definition) is 2. The van der Waals surface area contributed by atoms with Crippen LogP contribution in [0.5, 0.6) is 5.75 Å². The van der Waals surface area contributed by atoms with Crippen molar-refractivity contribution >= 4 is 0 Å². The molecule has 4 heteroatoms. The molecule has 0 heterocycles. The molecule has 1 aromatic carbocycles. The van der Waals surface area contributed by atoms with Crippen LogP contribution in [0.15, 0.2) is 24.3 Å². The Labute approximate surface area is 121 Å². The lowest BCUT2D eigenvalue weighted by molar-refractivity contribution is 0.0966. The van der Waals surface area contributed by atoms with Crippen molar-refractivity contribution in [2.75, 3.05) is 20.3 Å². The summed E-state index contributed by atoms with van der Waals surface area (Å²) in [6, 6.07) is 8.32. The number of nitrogens with one attached hydrogen (secondary N) is 1. The maximum Gasteiger partial charge on any atom is 0.119 e. The maximum atomic E-state index is 9.94. The average molecular weight is 279 g/mol. The van der Waals surface area contributed by atoms with Crippen molar-refractivity contribution in [3.63, 3.8) is 0 Å². The zero-order valence-corrected chi connectivity index (χ0v) is 12.3. The summed E-state index contributed by atoms with van der Waals surface area (Å²) in [6.07, 6.45) is 3.13. The molecule has 2 rings (SSSR count). The van der Waals surface area contributed by atoms with Crippen LogP contribution in [-0.4, -0.2) is 43.6 Å². The second-order valence-electron chi connectivity index (χ2n) is 5.56. The van der Waals surface area contributed by atoms with Gasteiger partial charge in [-0.25, -0.2) is 0 Å². The number of ether oxygens (including phenoxy) is 2. The Bertz CT molecular complexity index is 410. The molecule has 3 unspecified atom stereocenters. The quantitative estimate of drug-likeness (QED) is 0.800. The number of aliphatic hydroxyl groups is 1. The van der Waals surface area contributed by atoms with E-state index < -0.39 is 6.10 Å². The smallest absolute Gasteiger partial charge is 0.119 e. The van der Waals surface area contributed by atoms with Crippen molar-refractivity contribution < 1.29 is 14.6 Å². The van der Waals surface area contributed by atoms with Gasteiger partial charge in [-0.2, -0.15) is 0 Å². The molecule has 4 nitrogen and oxygen atoms in total.